The molecule has 0 bridgehead atoms. The van der Waals surface area contributed by atoms with Crippen LogP contribution in [0.4, 0.5) is 4.79 Å². The van der Waals surface area contributed by atoms with E-state index in [1.165, 1.54) is 6.21 Å². The molecule has 0 heterocycles. The Morgan fingerprint density at radius 2 is 2.05 bits per heavy atom. The number of aliphatic imine (C=N–C) groups is 1. The maximum absolute atomic E-state index is 11.7. The summed E-state index contributed by atoms with van der Waals surface area (Å²) in [6.07, 6.45) is 3.79. The van der Waals surface area contributed by atoms with Gasteiger partial charge in [0.1, 0.15) is 0 Å². The summed E-state index contributed by atoms with van der Waals surface area (Å²) in [5.41, 5.74) is 0.00869. The maximum Gasteiger partial charge on any atom is 0.340 e. The molecule has 0 saturated heterocycles. The van der Waals surface area contributed by atoms with E-state index >= 15 is 0 Å². The van der Waals surface area contributed by atoms with Gasteiger partial charge in [0.25, 0.3) is 0 Å². The molecule has 7 nitrogen and oxygen atoms in total. The van der Waals surface area contributed by atoms with E-state index in [2.05, 4.69) is 10.3 Å². The Kier molecular flexibility index (Phi) is 9.55. The molecular weight excluding hydrogens is 264 g/mol. The maximum atomic E-state index is 11.7. The summed E-state index contributed by atoms with van der Waals surface area (Å²) in [5.74, 6) is -1.90. The minimum absolute atomic E-state index is 0.00869. The Morgan fingerprint density at radius 1 is 1.35 bits per heavy atom. The number of nitrogens with zero attached hydrogens (tertiary/aromatic N) is 1. The summed E-state index contributed by atoms with van der Waals surface area (Å²) >= 11 is 0. The van der Waals surface area contributed by atoms with Crippen LogP contribution in [0.15, 0.2) is 16.6 Å². The zero-order chi connectivity index (χ0) is 15.4. The molecule has 0 atom stereocenters. The lowest BCUT2D eigenvalue weighted by Gasteiger charge is -2.07. The lowest BCUT2D eigenvalue weighted by atomic mass is 10.1. The van der Waals surface area contributed by atoms with Gasteiger partial charge in [-0.1, -0.05) is 13.3 Å². The van der Waals surface area contributed by atoms with Crippen molar-refractivity contribution in [2.24, 2.45) is 4.99 Å². The molecule has 0 aliphatic carbocycles. The second kappa shape index (κ2) is 10.7. The standard InChI is InChI=1S/C13H20N2O5/c1-3-5-8-20-12(18)10(9-11(16)17)6-7-15-13(19)14-4-2/h4,9H,3,5-8H2,1-2H3,(H,15,19)(H,16,17)/b10-9+,14-4?. The Bertz CT molecular complexity index is 402. The number of carboxylic acid groups (broad SMARTS) is 1. The Hall–Kier alpha value is -2.18. The Morgan fingerprint density at radius 3 is 2.60 bits per heavy atom. The van der Waals surface area contributed by atoms with Gasteiger partial charge in [-0.3, -0.25) is 0 Å². The minimum Gasteiger partial charge on any atom is -0.478 e. The van der Waals surface area contributed by atoms with E-state index in [0.29, 0.717) is 6.42 Å². The molecule has 2 N–H and O–H groups in total. The van der Waals surface area contributed by atoms with Crippen molar-refractivity contribution < 1.29 is 24.2 Å². The fourth-order valence-corrected chi connectivity index (χ4v) is 1.25. The van der Waals surface area contributed by atoms with E-state index in [9.17, 15) is 14.4 Å². The molecule has 0 spiro atoms. The number of carboxylic acids is 1. The average molecular weight is 284 g/mol. The SMILES string of the molecule is CC=NC(=O)NCC/C(=C\C(=O)O)C(=O)OCCCC. The number of esters is 1. The van der Waals surface area contributed by atoms with Crippen LogP contribution in [-0.4, -0.2) is 42.4 Å². The van der Waals surface area contributed by atoms with E-state index in [-0.39, 0.29) is 25.1 Å². The first-order valence-corrected chi connectivity index (χ1v) is 6.38. The van der Waals surface area contributed by atoms with Crippen LogP contribution in [0.2, 0.25) is 0 Å². The van der Waals surface area contributed by atoms with Gasteiger partial charge in [0, 0.05) is 24.4 Å². The molecule has 0 radical (unpaired) electrons. The molecule has 0 unspecified atom stereocenters. The number of urea groups is 1. The highest BCUT2D eigenvalue weighted by Gasteiger charge is 2.13. The second-order valence-corrected chi connectivity index (χ2v) is 3.87. The van der Waals surface area contributed by atoms with Crippen LogP contribution in [0.3, 0.4) is 0 Å². The van der Waals surface area contributed by atoms with E-state index in [1.807, 2.05) is 6.92 Å². The van der Waals surface area contributed by atoms with Gasteiger partial charge in [-0.05, 0) is 19.8 Å². The topological polar surface area (TPSA) is 105 Å². The first-order valence-electron chi connectivity index (χ1n) is 6.38. The van der Waals surface area contributed by atoms with Crippen molar-refractivity contribution in [1.82, 2.24) is 5.32 Å². The lowest BCUT2D eigenvalue weighted by Crippen LogP contribution is -2.23. The number of rotatable bonds is 8. The van der Waals surface area contributed by atoms with E-state index < -0.39 is 18.0 Å². The zero-order valence-corrected chi connectivity index (χ0v) is 11.7. The molecule has 20 heavy (non-hydrogen) atoms. The molecule has 0 aromatic rings. The zero-order valence-electron chi connectivity index (χ0n) is 11.7. The number of carbonyl (C=O) groups excluding carboxylic acids is 2. The third kappa shape index (κ3) is 8.84. The predicted molar refractivity (Wildman–Crippen MR) is 73.8 cm³/mol. The van der Waals surface area contributed by atoms with Gasteiger partial charge in [-0.2, -0.15) is 0 Å². The van der Waals surface area contributed by atoms with Crippen molar-refractivity contribution in [3.63, 3.8) is 0 Å². The van der Waals surface area contributed by atoms with Crippen molar-refractivity contribution in [3.05, 3.63) is 11.6 Å². The summed E-state index contributed by atoms with van der Waals surface area (Å²) < 4.78 is 4.94. The first kappa shape index (κ1) is 17.8. The molecule has 0 saturated carbocycles. The van der Waals surface area contributed by atoms with Gasteiger partial charge < -0.3 is 15.2 Å². The summed E-state index contributed by atoms with van der Waals surface area (Å²) in [5, 5.41) is 11.1. The van der Waals surface area contributed by atoms with Crippen LogP contribution < -0.4 is 5.32 Å². The van der Waals surface area contributed by atoms with Gasteiger partial charge in [-0.25, -0.2) is 19.4 Å². The van der Waals surface area contributed by atoms with E-state index in [4.69, 9.17) is 9.84 Å². The number of ether oxygens (including phenoxy) is 1. The molecular formula is C13H20N2O5. The predicted octanol–water partition coefficient (Wildman–Crippen LogP) is 1.53. The number of hydrogen-bond acceptors (Lipinski definition) is 4. The summed E-state index contributed by atoms with van der Waals surface area (Å²) in [6, 6.07) is -0.540. The van der Waals surface area contributed by atoms with Gasteiger partial charge >= 0.3 is 18.0 Å². The van der Waals surface area contributed by atoms with E-state index in [1.54, 1.807) is 6.92 Å². The van der Waals surface area contributed by atoms with Crippen molar-refractivity contribution in [1.29, 1.82) is 0 Å². The van der Waals surface area contributed by atoms with Crippen LogP contribution in [0, 0.1) is 0 Å². The molecule has 0 rings (SSSR count). The number of nitrogens with one attached hydrogen (secondary N) is 1. The molecule has 0 aromatic heterocycles. The van der Waals surface area contributed by atoms with Crippen LogP contribution in [0.25, 0.3) is 0 Å². The highest BCUT2D eigenvalue weighted by Crippen LogP contribution is 2.05. The largest absolute Gasteiger partial charge is 0.478 e. The highest BCUT2D eigenvalue weighted by atomic mass is 16.5. The summed E-state index contributed by atoms with van der Waals surface area (Å²) in [4.78, 5) is 36.8. The third-order valence-corrected chi connectivity index (χ3v) is 2.21. The van der Waals surface area contributed by atoms with Gasteiger partial charge in [-0.15, -0.1) is 0 Å². The Labute approximate surface area is 117 Å². The smallest absolute Gasteiger partial charge is 0.340 e. The minimum atomic E-state index is -1.23. The monoisotopic (exact) mass is 284 g/mol. The number of carbonyl (C=O) groups is 3. The van der Waals surface area contributed by atoms with Crippen molar-refractivity contribution in [2.75, 3.05) is 13.2 Å². The summed E-state index contributed by atoms with van der Waals surface area (Å²) in [6.45, 7) is 3.91. The molecule has 0 fully saturated rings. The first-order chi connectivity index (χ1) is 9.51. The third-order valence-electron chi connectivity index (χ3n) is 2.21. The van der Waals surface area contributed by atoms with Crippen LogP contribution >= 0.6 is 0 Å². The van der Waals surface area contributed by atoms with Crippen molar-refractivity contribution in [2.45, 2.75) is 33.1 Å². The fourth-order valence-electron chi connectivity index (χ4n) is 1.25. The molecule has 0 aromatic carbocycles. The van der Waals surface area contributed by atoms with Crippen LogP contribution in [0.5, 0.6) is 0 Å². The highest BCUT2D eigenvalue weighted by molar-refractivity contribution is 5.95. The van der Waals surface area contributed by atoms with Crippen LogP contribution in [0.1, 0.15) is 33.1 Å². The second-order valence-electron chi connectivity index (χ2n) is 3.87. The summed E-state index contributed by atoms with van der Waals surface area (Å²) in [7, 11) is 0. The molecule has 0 aliphatic heterocycles. The molecule has 112 valence electrons. The molecule has 0 aliphatic rings. The van der Waals surface area contributed by atoms with Crippen molar-refractivity contribution in [3.8, 4) is 0 Å². The van der Waals surface area contributed by atoms with Gasteiger partial charge in [0.05, 0.1) is 6.61 Å². The normalized spacial score (nSPS) is 11.4. The quantitative estimate of drug-likeness (QED) is 0.304. The number of unbranched alkanes of at least 4 members (excludes halogenated alkanes) is 1. The fraction of sp³-hybridized carbons (Fsp3) is 0.538. The number of hydrogen-bond donors (Lipinski definition) is 2. The Balaban J connectivity index is 4.39. The van der Waals surface area contributed by atoms with Crippen molar-refractivity contribution >= 4 is 24.2 Å². The number of aliphatic carboxylic acids is 1. The van der Waals surface area contributed by atoms with Gasteiger partial charge in [0.15, 0.2) is 0 Å². The lowest BCUT2D eigenvalue weighted by molar-refractivity contribution is -0.140. The molecule has 7 heteroatoms. The van der Waals surface area contributed by atoms with Crippen LogP contribution in [-0.2, 0) is 14.3 Å². The average Bonchev–Trinajstić information content (AvgIpc) is 2.37. The molecule has 2 amide bonds. The van der Waals surface area contributed by atoms with Gasteiger partial charge in [0.2, 0.25) is 0 Å². The van der Waals surface area contributed by atoms with E-state index in [0.717, 1.165) is 12.5 Å². The number of amides is 2.